The molecule has 1 amide bonds. The summed E-state index contributed by atoms with van der Waals surface area (Å²) in [6.45, 7) is 6.71. The van der Waals surface area contributed by atoms with Gasteiger partial charge in [-0.1, -0.05) is 24.3 Å². The molecule has 1 saturated heterocycles. The quantitative estimate of drug-likeness (QED) is 0.887. The number of anilines is 2. The zero-order valence-electron chi connectivity index (χ0n) is 16.9. The van der Waals surface area contributed by atoms with Gasteiger partial charge in [0.15, 0.2) is 0 Å². The smallest absolute Gasteiger partial charge is 0.225 e. The molecule has 148 valence electrons. The summed E-state index contributed by atoms with van der Waals surface area (Å²) >= 11 is 0. The van der Waals surface area contributed by atoms with Gasteiger partial charge in [0, 0.05) is 43.1 Å². The molecule has 0 aromatic heterocycles. The first-order chi connectivity index (χ1) is 13.6. The number of rotatable bonds is 4. The summed E-state index contributed by atoms with van der Waals surface area (Å²) in [6.07, 6.45) is 0.793. The number of nitrogens with zero attached hydrogens (tertiary/aromatic N) is 2. The molecule has 2 heterocycles. The molecule has 2 atom stereocenters. The molecular formula is C23H29N3O2. The Morgan fingerprint density at radius 1 is 1.14 bits per heavy atom. The van der Waals surface area contributed by atoms with Crippen molar-refractivity contribution in [3.8, 4) is 5.75 Å². The highest BCUT2D eigenvalue weighted by atomic mass is 16.5. The van der Waals surface area contributed by atoms with Gasteiger partial charge in [-0.3, -0.25) is 4.79 Å². The number of ether oxygens (including phenoxy) is 1. The minimum Gasteiger partial charge on any atom is -0.497 e. The van der Waals surface area contributed by atoms with Gasteiger partial charge in [0.1, 0.15) is 5.75 Å². The average Bonchev–Trinajstić information content (AvgIpc) is 2.72. The zero-order valence-corrected chi connectivity index (χ0v) is 16.9. The number of fused-ring (bicyclic) bond motifs is 3. The minimum absolute atomic E-state index is 0.0503. The molecule has 1 fully saturated rings. The highest BCUT2D eigenvalue weighted by Crippen LogP contribution is 2.37. The molecule has 2 aromatic rings. The van der Waals surface area contributed by atoms with Crippen molar-refractivity contribution in [3.05, 3.63) is 54.1 Å². The fourth-order valence-corrected chi connectivity index (χ4v) is 4.49. The Hall–Kier alpha value is -2.69. The Balaban J connectivity index is 1.64. The van der Waals surface area contributed by atoms with Crippen LogP contribution in [0.5, 0.6) is 5.75 Å². The number of amides is 1. The van der Waals surface area contributed by atoms with Crippen molar-refractivity contribution in [2.75, 3.05) is 36.5 Å². The molecule has 2 aromatic carbocycles. The van der Waals surface area contributed by atoms with Gasteiger partial charge in [0.05, 0.1) is 19.1 Å². The fraction of sp³-hybridized carbons (Fsp3) is 0.435. The van der Waals surface area contributed by atoms with Crippen LogP contribution in [0.4, 0.5) is 11.4 Å². The van der Waals surface area contributed by atoms with Crippen molar-refractivity contribution in [2.24, 2.45) is 5.92 Å². The SMILES string of the molecule is COc1cccc(N2CCN3c4ccccc4C[C@H](C(=O)NC(C)C)[C@H]3C2)c1. The Bertz CT molecular complexity index is 851. The van der Waals surface area contributed by atoms with Gasteiger partial charge < -0.3 is 19.9 Å². The van der Waals surface area contributed by atoms with Gasteiger partial charge >= 0.3 is 0 Å². The van der Waals surface area contributed by atoms with Crippen molar-refractivity contribution in [3.63, 3.8) is 0 Å². The standard InChI is InChI=1S/C23H29N3O2/c1-16(2)24-23(27)20-13-17-7-4-5-10-21(17)26-12-11-25(15-22(20)26)18-8-6-9-19(14-18)28-3/h4-10,14,16,20,22H,11-13,15H2,1-3H3,(H,24,27)/t20-,22+/m0/s1. The summed E-state index contributed by atoms with van der Waals surface area (Å²) in [5.41, 5.74) is 3.71. The molecule has 0 radical (unpaired) electrons. The third kappa shape index (κ3) is 3.53. The van der Waals surface area contributed by atoms with Crippen molar-refractivity contribution in [2.45, 2.75) is 32.4 Å². The van der Waals surface area contributed by atoms with Gasteiger partial charge in [-0.25, -0.2) is 0 Å². The van der Waals surface area contributed by atoms with E-state index >= 15 is 0 Å². The molecule has 0 unspecified atom stereocenters. The molecule has 2 aliphatic heterocycles. The first-order valence-electron chi connectivity index (χ1n) is 10.1. The summed E-state index contributed by atoms with van der Waals surface area (Å²) < 4.78 is 5.40. The lowest BCUT2D eigenvalue weighted by atomic mass is 9.83. The summed E-state index contributed by atoms with van der Waals surface area (Å²) in [7, 11) is 1.70. The van der Waals surface area contributed by atoms with Crippen LogP contribution in [0.15, 0.2) is 48.5 Å². The Kier molecular flexibility index (Phi) is 5.16. The fourth-order valence-electron chi connectivity index (χ4n) is 4.49. The molecule has 5 heteroatoms. The molecule has 5 nitrogen and oxygen atoms in total. The van der Waals surface area contributed by atoms with E-state index in [1.807, 2.05) is 26.0 Å². The number of para-hydroxylation sites is 1. The van der Waals surface area contributed by atoms with E-state index in [4.69, 9.17) is 4.74 Å². The van der Waals surface area contributed by atoms with Crippen LogP contribution in [0.25, 0.3) is 0 Å². The Labute approximate surface area is 167 Å². The van der Waals surface area contributed by atoms with E-state index in [1.54, 1.807) is 7.11 Å². The summed E-state index contributed by atoms with van der Waals surface area (Å²) in [5, 5.41) is 3.15. The molecule has 4 rings (SSSR count). The number of nitrogens with one attached hydrogen (secondary N) is 1. The van der Waals surface area contributed by atoms with Gasteiger partial charge in [-0.05, 0) is 44.0 Å². The van der Waals surface area contributed by atoms with Crippen LogP contribution < -0.4 is 19.9 Å². The Morgan fingerprint density at radius 2 is 1.96 bits per heavy atom. The number of carbonyl (C=O) groups excluding carboxylic acids is 1. The van der Waals surface area contributed by atoms with Crippen molar-refractivity contribution < 1.29 is 9.53 Å². The number of hydrogen-bond donors (Lipinski definition) is 1. The maximum Gasteiger partial charge on any atom is 0.225 e. The number of methoxy groups -OCH3 is 1. The van der Waals surface area contributed by atoms with E-state index in [-0.39, 0.29) is 23.9 Å². The van der Waals surface area contributed by atoms with Crippen LogP contribution in [0.2, 0.25) is 0 Å². The lowest BCUT2D eigenvalue weighted by molar-refractivity contribution is -0.126. The van der Waals surface area contributed by atoms with Crippen LogP contribution >= 0.6 is 0 Å². The van der Waals surface area contributed by atoms with Crippen LogP contribution in [0.1, 0.15) is 19.4 Å². The van der Waals surface area contributed by atoms with E-state index in [0.29, 0.717) is 0 Å². The maximum absolute atomic E-state index is 13.0. The number of carbonyl (C=O) groups is 1. The second kappa shape index (κ2) is 7.74. The van der Waals surface area contributed by atoms with Crippen molar-refractivity contribution in [1.29, 1.82) is 0 Å². The molecule has 2 aliphatic rings. The highest BCUT2D eigenvalue weighted by Gasteiger charge is 2.41. The van der Waals surface area contributed by atoms with E-state index in [0.717, 1.165) is 37.5 Å². The third-order valence-electron chi connectivity index (χ3n) is 5.81. The van der Waals surface area contributed by atoms with E-state index < -0.39 is 0 Å². The molecule has 0 saturated carbocycles. The third-order valence-corrected chi connectivity index (χ3v) is 5.81. The van der Waals surface area contributed by atoms with Gasteiger partial charge in [-0.2, -0.15) is 0 Å². The van der Waals surface area contributed by atoms with Crippen LogP contribution in [-0.4, -0.2) is 44.7 Å². The molecule has 0 spiro atoms. The van der Waals surface area contributed by atoms with E-state index in [2.05, 4.69) is 51.5 Å². The van der Waals surface area contributed by atoms with E-state index in [1.165, 1.54) is 11.3 Å². The first-order valence-corrected chi connectivity index (χ1v) is 10.1. The monoisotopic (exact) mass is 379 g/mol. The van der Waals surface area contributed by atoms with E-state index in [9.17, 15) is 4.79 Å². The van der Waals surface area contributed by atoms with Crippen molar-refractivity contribution >= 4 is 17.3 Å². The summed E-state index contributed by atoms with van der Waals surface area (Å²) in [4.78, 5) is 17.9. The first kappa shape index (κ1) is 18.7. The topological polar surface area (TPSA) is 44.8 Å². The highest BCUT2D eigenvalue weighted by molar-refractivity contribution is 5.82. The largest absolute Gasteiger partial charge is 0.497 e. The number of piperazine rings is 1. The molecule has 0 aliphatic carbocycles. The van der Waals surface area contributed by atoms with Gasteiger partial charge in [0.25, 0.3) is 0 Å². The zero-order chi connectivity index (χ0) is 19.7. The van der Waals surface area contributed by atoms with Crippen molar-refractivity contribution in [1.82, 2.24) is 5.32 Å². The molecule has 28 heavy (non-hydrogen) atoms. The summed E-state index contributed by atoms with van der Waals surface area (Å²) in [6, 6.07) is 17.0. The molecular weight excluding hydrogens is 350 g/mol. The molecule has 0 bridgehead atoms. The normalized spacial score (nSPS) is 21.1. The van der Waals surface area contributed by atoms with Gasteiger partial charge in [-0.15, -0.1) is 0 Å². The van der Waals surface area contributed by atoms with Crippen LogP contribution in [0.3, 0.4) is 0 Å². The predicted molar refractivity (Wildman–Crippen MR) is 113 cm³/mol. The lowest BCUT2D eigenvalue weighted by Crippen LogP contribution is -2.61. The second-order valence-corrected chi connectivity index (χ2v) is 8.01. The molecule has 1 N–H and O–H groups in total. The Morgan fingerprint density at radius 3 is 2.75 bits per heavy atom. The maximum atomic E-state index is 13.0. The summed E-state index contributed by atoms with van der Waals surface area (Å²) in [5.74, 6) is 0.973. The van der Waals surface area contributed by atoms with Crippen LogP contribution in [-0.2, 0) is 11.2 Å². The number of benzene rings is 2. The predicted octanol–water partition coefficient (Wildman–Crippen LogP) is 3.09. The lowest BCUT2D eigenvalue weighted by Gasteiger charge is -2.49. The average molecular weight is 380 g/mol. The second-order valence-electron chi connectivity index (χ2n) is 8.01. The minimum atomic E-state index is -0.0503. The van der Waals surface area contributed by atoms with Crippen LogP contribution in [0, 0.1) is 5.92 Å². The number of hydrogen-bond acceptors (Lipinski definition) is 4. The van der Waals surface area contributed by atoms with Gasteiger partial charge in [0.2, 0.25) is 5.91 Å².